The van der Waals surface area contributed by atoms with Gasteiger partial charge in [0.1, 0.15) is 5.54 Å². The molecule has 1 amide bonds. The first-order chi connectivity index (χ1) is 9.34. The van der Waals surface area contributed by atoms with E-state index in [0.29, 0.717) is 12.8 Å². The van der Waals surface area contributed by atoms with Crippen molar-refractivity contribution in [2.45, 2.75) is 32.2 Å². The van der Waals surface area contributed by atoms with Gasteiger partial charge in [-0.2, -0.15) is 0 Å². The third-order valence-corrected chi connectivity index (χ3v) is 2.89. The van der Waals surface area contributed by atoms with Crippen molar-refractivity contribution >= 4 is 17.7 Å². The minimum absolute atomic E-state index is 0.0166. The van der Waals surface area contributed by atoms with Crippen molar-refractivity contribution in [1.82, 2.24) is 10.3 Å². The summed E-state index contributed by atoms with van der Waals surface area (Å²) < 4.78 is 4.68. The Bertz CT molecular complexity index is 525. The summed E-state index contributed by atoms with van der Waals surface area (Å²) in [4.78, 5) is 36.0. The summed E-state index contributed by atoms with van der Waals surface area (Å²) in [6, 6.07) is 2.47. The van der Waals surface area contributed by atoms with Gasteiger partial charge in [-0.05, 0) is 24.3 Å². The van der Waals surface area contributed by atoms with Gasteiger partial charge >= 0.3 is 11.8 Å². The molecule has 2 N–H and O–H groups in total. The van der Waals surface area contributed by atoms with Gasteiger partial charge in [-0.25, -0.2) is 9.78 Å². The predicted molar refractivity (Wildman–Crippen MR) is 70.2 cm³/mol. The smallest absolute Gasteiger partial charge is 0.331 e. The summed E-state index contributed by atoms with van der Waals surface area (Å²) in [5.74, 6) is -1.45. The Balaban J connectivity index is 2.90. The fourth-order valence-electron chi connectivity index (χ4n) is 1.88. The van der Waals surface area contributed by atoms with Gasteiger partial charge in [-0.15, -0.1) is 0 Å². The molecule has 0 saturated heterocycles. The van der Waals surface area contributed by atoms with Crippen molar-refractivity contribution in [3.63, 3.8) is 0 Å². The summed E-state index contributed by atoms with van der Waals surface area (Å²) in [6.45, 7) is 3.42. The molecule has 1 heterocycles. The molecule has 0 bridgehead atoms. The van der Waals surface area contributed by atoms with E-state index in [1.54, 1.807) is 6.92 Å². The van der Waals surface area contributed by atoms with E-state index in [0.717, 1.165) is 0 Å². The number of methoxy groups -OCH3 is 1. The monoisotopic (exact) mass is 283 g/mol. The van der Waals surface area contributed by atoms with Crippen LogP contribution in [0.15, 0.2) is 12.1 Å². The number of ether oxygens (including phenoxy) is 1. The number of hydrogen-bond donors (Lipinski definition) is 2. The van der Waals surface area contributed by atoms with Crippen LogP contribution < -0.4 is 5.32 Å². The first-order valence-electron chi connectivity index (χ1n) is 6.08. The molecule has 1 aromatic rings. The molecule has 0 radical (unpaired) electrons. The molecule has 0 aliphatic heterocycles. The predicted octanol–water partition coefficient (Wildman–Crippen LogP) is 1.38. The van der Waals surface area contributed by atoms with Crippen molar-refractivity contribution in [2.75, 3.05) is 7.11 Å². The number of rotatable bonds is 6. The Hall–Kier alpha value is -2.38. The maximum Gasteiger partial charge on any atom is 0.331 e. The Morgan fingerprint density at radius 3 is 2.60 bits per heavy atom. The van der Waals surface area contributed by atoms with Crippen LogP contribution in [0.2, 0.25) is 0 Å². The molecule has 0 fully saturated rings. The van der Waals surface area contributed by atoms with Crippen LogP contribution in [0.25, 0.3) is 0 Å². The van der Waals surface area contributed by atoms with Crippen LogP contribution in [0.1, 0.15) is 37.2 Å². The minimum atomic E-state index is -1.17. The highest BCUT2D eigenvalue weighted by Crippen LogP contribution is 2.16. The van der Waals surface area contributed by atoms with Crippen molar-refractivity contribution in [2.24, 2.45) is 0 Å². The van der Waals surface area contributed by atoms with Crippen molar-refractivity contribution in [3.05, 3.63) is 27.9 Å². The second-order valence-corrected chi connectivity index (χ2v) is 4.54. The quantitative estimate of drug-likeness (QED) is 0.465. The minimum Gasteiger partial charge on any atom is -0.467 e. The van der Waals surface area contributed by atoms with Gasteiger partial charge in [0.2, 0.25) is 0 Å². The molecule has 0 aliphatic carbocycles. The van der Waals surface area contributed by atoms with Crippen LogP contribution in [0, 0.1) is 10.1 Å². The van der Waals surface area contributed by atoms with Crippen LogP contribution in [0.5, 0.6) is 0 Å². The molecule has 0 aliphatic rings. The first kappa shape index (κ1) is 15.7. The molecule has 8 nitrogen and oxygen atoms in total. The molecule has 1 aromatic heterocycles. The van der Waals surface area contributed by atoms with E-state index in [4.69, 9.17) is 0 Å². The highest BCUT2D eigenvalue weighted by atomic mass is 16.6. The van der Waals surface area contributed by atoms with Crippen LogP contribution in [0.4, 0.5) is 5.82 Å². The van der Waals surface area contributed by atoms with Crippen molar-refractivity contribution in [3.8, 4) is 0 Å². The zero-order valence-electron chi connectivity index (χ0n) is 11.6. The Labute approximate surface area is 115 Å². The molecule has 1 atom stereocenters. The lowest BCUT2D eigenvalue weighted by molar-refractivity contribution is -0.389. The van der Waals surface area contributed by atoms with Gasteiger partial charge in [-0.1, -0.05) is 13.3 Å². The van der Waals surface area contributed by atoms with E-state index in [-0.39, 0.29) is 11.5 Å². The SMILES string of the molecule is CCCC(C)(NC(=O)c1ccc([N+](=O)[O-])[nH]1)C(=O)OC. The topological polar surface area (TPSA) is 114 Å². The van der Waals surface area contributed by atoms with Gasteiger partial charge in [0, 0.05) is 6.07 Å². The molecule has 0 saturated carbocycles. The number of carbonyl (C=O) groups is 2. The Morgan fingerprint density at radius 2 is 2.15 bits per heavy atom. The Kier molecular flexibility index (Phi) is 4.84. The molecule has 20 heavy (non-hydrogen) atoms. The van der Waals surface area contributed by atoms with Crippen molar-refractivity contribution in [1.29, 1.82) is 0 Å². The normalized spacial score (nSPS) is 13.3. The number of nitrogens with zero attached hydrogens (tertiary/aromatic N) is 1. The lowest BCUT2D eigenvalue weighted by Gasteiger charge is -2.26. The molecule has 1 unspecified atom stereocenters. The maximum absolute atomic E-state index is 12.0. The summed E-state index contributed by atoms with van der Waals surface area (Å²) >= 11 is 0. The summed E-state index contributed by atoms with van der Waals surface area (Å²) in [5.41, 5.74) is -1.15. The zero-order valence-corrected chi connectivity index (χ0v) is 11.6. The average Bonchev–Trinajstić information content (AvgIpc) is 2.87. The Morgan fingerprint density at radius 1 is 1.50 bits per heavy atom. The number of H-pyrrole nitrogens is 1. The standard InChI is InChI=1S/C12H17N3O5/c1-4-7-12(2,11(17)20-3)14-10(16)8-5-6-9(13-8)15(18)19/h5-6,13H,4,7H2,1-3H3,(H,14,16). The van der Waals surface area contributed by atoms with Crippen LogP contribution >= 0.6 is 0 Å². The fourth-order valence-corrected chi connectivity index (χ4v) is 1.88. The van der Waals surface area contributed by atoms with Crippen LogP contribution in [-0.4, -0.2) is 34.4 Å². The molecular weight excluding hydrogens is 266 g/mol. The van der Waals surface area contributed by atoms with Gasteiger partial charge in [0.25, 0.3) is 5.91 Å². The average molecular weight is 283 g/mol. The fraction of sp³-hybridized carbons (Fsp3) is 0.500. The molecule has 0 spiro atoms. The van der Waals surface area contributed by atoms with E-state index in [1.807, 2.05) is 6.92 Å². The molecule has 110 valence electrons. The lowest BCUT2D eigenvalue weighted by Crippen LogP contribution is -2.52. The zero-order chi connectivity index (χ0) is 15.3. The van der Waals surface area contributed by atoms with Gasteiger partial charge < -0.3 is 20.2 Å². The summed E-state index contributed by atoms with van der Waals surface area (Å²) in [6.07, 6.45) is 1.06. The van der Waals surface area contributed by atoms with E-state index < -0.39 is 22.3 Å². The van der Waals surface area contributed by atoms with Gasteiger partial charge in [-0.3, -0.25) is 4.79 Å². The second-order valence-electron chi connectivity index (χ2n) is 4.54. The molecule has 8 heteroatoms. The highest BCUT2D eigenvalue weighted by Gasteiger charge is 2.36. The molecule has 1 rings (SSSR count). The van der Waals surface area contributed by atoms with E-state index in [9.17, 15) is 19.7 Å². The summed E-state index contributed by atoms with van der Waals surface area (Å²) in [5, 5.41) is 13.1. The number of aromatic amines is 1. The third kappa shape index (κ3) is 3.34. The largest absolute Gasteiger partial charge is 0.467 e. The number of amides is 1. The van der Waals surface area contributed by atoms with Gasteiger partial charge in [0.15, 0.2) is 5.69 Å². The number of nitrogens with one attached hydrogen (secondary N) is 2. The molecule has 0 aromatic carbocycles. The number of esters is 1. The van der Waals surface area contributed by atoms with E-state index >= 15 is 0 Å². The number of nitro groups is 1. The number of carbonyl (C=O) groups excluding carboxylic acids is 2. The van der Waals surface area contributed by atoms with Crippen LogP contribution in [-0.2, 0) is 9.53 Å². The van der Waals surface area contributed by atoms with E-state index in [2.05, 4.69) is 15.0 Å². The van der Waals surface area contributed by atoms with Crippen LogP contribution in [0.3, 0.4) is 0 Å². The second kappa shape index (κ2) is 6.18. The summed E-state index contributed by atoms with van der Waals surface area (Å²) in [7, 11) is 1.24. The van der Waals surface area contributed by atoms with Gasteiger partial charge in [0.05, 0.1) is 7.11 Å². The lowest BCUT2D eigenvalue weighted by atomic mass is 9.96. The maximum atomic E-state index is 12.0. The number of aromatic nitrogens is 1. The number of hydrogen-bond acceptors (Lipinski definition) is 5. The first-order valence-corrected chi connectivity index (χ1v) is 6.08. The third-order valence-electron chi connectivity index (χ3n) is 2.89. The highest BCUT2D eigenvalue weighted by molar-refractivity contribution is 5.97. The molecular formula is C12H17N3O5. The van der Waals surface area contributed by atoms with E-state index in [1.165, 1.54) is 19.2 Å². The van der Waals surface area contributed by atoms with Crippen molar-refractivity contribution < 1.29 is 19.2 Å².